The lowest BCUT2D eigenvalue weighted by Crippen LogP contribution is -2.39. The normalized spacial score (nSPS) is 14.3. The molecule has 0 unspecified atom stereocenters. The van der Waals surface area contributed by atoms with E-state index in [4.69, 9.17) is 0 Å². The molecule has 3 aromatic heterocycles. The number of nitrogens with one attached hydrogen (secondary N) is 1. The Kier molecular flexibility index (Phi) is 2.86. The summed E-state index contributed by atoms with van der Waals surface area (Å²) in [5, 5.41) is 1.92. The van der Waals surface area contributed by atoms with Gasteiger partial charge in [-0.3, -0.25) is 14.0 Å². The summed E-state index contributed by atoms with van der Waals surface area (Å²) < 4.78 is 1.84. The van der Waals surface area contributed by atoms with Crippen molar-refractivity contribution in [2.75, 3.05) is 6.54 Å². The summed E-state index contributed by atoms with van der Waals surface area (Å²) in [6.45, 7) is 2.60. The molecule has 0 spiro atoms. The smallest absolute Gasteiger partial charge is 0.274 e. The van der Waals surface area contributed by atoms with Gasteiger partial charge in [0.2, 0.25) is 0 Å². The standard InChI is InChI=1S/C14H13N5O2S/c1-8-15-10-6-18(3-2-9(10)12(20)16-8)13(21)11-7-19-4-5-22-14(19)17-11/h4-5,7H,2-3,6H2,1H3,(H,15,16,20). The van der Waals surface area contributed by atoms with E-state index in [1.807, 2.05) is 16.0 Å². The number of amides is 1. The number of aromatic nitrogens is 4. The maximum Gasteiger partial charge on any atom is 0.274 e. The second-order valence-electron chi connectivity index (χ2n) is 5.27. The third kappa shape index (κ3) is 2.03. The molecule has 7 nitrogen and oxygen atoms in total. The van der Waals surface area contributed by atoms with Gasteiger partial charge in [-0.2, -0.15) is 0 Å². The molecule has 0 saturated carbocycles. The molecule has 112 valence electrons. The Morgan fingerprint density at radius 3 is 3.09 bits per heavy atom. The number of hydrogen-bond acceptors (Lipinski definition) is 5. The lowest BCUT2D eigenvalue weighted by molar-refractivity contribution is 0.0726. The first-order valence-corrected chi connectivity index (χ1v) is 7.80. The first kappa shape index (κ1) is 13.2. The first-order chi connectivity index (χ1) is 10.6. The molecule has 0 bridgehead atoms. The number of hydrogen-bond donors (Lipinski definition) is 1. The largest absolute Gasteiger partial charge is 0.331 e. The Bertz CT molecular complexity index is 910. The summed E-state index contributed by atoms with van der Waals surface area (Å²) >= 11 is 1.49. The molecule has 0 atom stereocenters. The molecule has 0 fully saturated rings. The predicted molar refractivity (Wildman–Crippen MR) is 81.1 cm³/mol. The summed E-state index contributed by atoms with van der Waals surface area (Å²) in [5.74, 6) is 0.446. The van der Waals surface area contributed by atoms with Gasteiger partial charge in [-0.05, 0) is 13.3 Å². The highest BCUT2D eigenvalue weighted by molar-refractivity contribution is 7.15. The minimum Gasteiger partial charge on any atom is -0.331 e. The lowest BCUT2D eigenvalue weighted by Gasteiger charge is -2.27. The number of rotatable bonds is 1. The summed E-state index contributed by atoms with van der Waals surface area (Å²) in [4.78, 5) is 38.4. The van der Waals surface area contributed by atoms with Crippen molar-refractivity contribution >= 4 is 22.2 Å². The van der Waals surface area contributed by atoms with E-state index in [0.717, 1.165) is 4.96 Å². The van der Waals surface area contributed by atoms with E-state index in [1.165, 1.54) is 11.3 Å². The summed E-state index contributed by atoms with van der Waals surface area (Å²) in [5.41, 5.74) is 1.69. The number of carbonyl (C=O) groups excluding carboxylic acids is 1. The molecule has 1 aliphatic heterocycles. The number of nitrogens with zero attached hydrogens (tertiary/aromatic N) is 4. The van der Waals surface area contributed by atoms with E-state index in [2.05, 4.69) is 15.0 Å². The van der Waals surface area contributed by atoms with E-state index >= 15 is 0 Å². The van der Waals surface area contributed by atoms with Crippen LogP contribution in [0.2, 0.25) is 0 Å². The van der Waals surface area contributed by atoms with E-state index < -0.39 is 0 Å². The van der Waals surface area contributed by atoms with Crippen LogP contribution in [-0.2, 0) is 13.0 Å². The lowest BCUT2D eigenvalue weighted by atomic mass is 10.1. The maximum absolute atomic E-state index is 12.6. The third-order valence-electron chi connectivity index (χ3n) is 3.79. The van der Waals surface area contributed by atoms with Crippen LogP contribution in [-0.4, -0.2) is 36.7 Å². The predicted octanol–water partition coefficient (Wildman–Crippen LogP) is 0.986. The van der Waals surface area contributed by atoms with Crippen molar-refractivity contribution in [3.8, 4) is 0 Å². The number of H-pyrrole nitrogens is 1. The molecule has 8 heteroatoms. The molecular formula is C14H13N5O2S. The molecule has 0 aliphatic carbocycles. The Morgan fingerprint density at radius 2 is 2.27 bits per heavy atom. The molecule has 4 heterocycles. The molecule has 0 saturated heterocycles. The van der Waals surface area contributed by atoms with Crippen LogP contribution in [0.3, 0.4) is 0 Å². The molecule has 4 rings (SSSR count). The van der Waals surface area contributed by atoms with Crippen molar-refractivity contribution in [1.29, 1.82) is 0 Å². The Labute approximate surface area is 129 Å². The Balaban J connectivity index is 1.65. The van der Waals surface area contributed by atoms with E-state index in [-0.39, 0.29) is 11.5 Å². The van der Waals surface area contributed by atoms with Crippen LogP contribution in [0.4, 0.5) is 0 Å². The van der Waals surface area contributed by atoms with Crippen LogP contribution in [0.5, 0.6) is 0 Å². The topological polar surface area (TPSA) is 83.4 Å². The average molecular weight is 315 g/mol. The van der Waals surface area contributed by atoms with Crippen molar-refractivity contribution in [1.82, 2.24) is 24.3 Å². The maximum atomic E-state index is 12.6. The molecule has 1 N–H and O–H groups in total. The third-order valence-corrected chi connectivity index (χ3v) is 4.56. The Hall–Kier alpha value is -2.48. The zero-order valence-electron chi connectivity index (χ0n) is 11.9. The molecular weight excluding hydrogens is 302 g/mol. The van der Waals surface area contributed by atoms with Gasteiger partial charge in [-0.1, -0.05) is 0 Å². The fraction of sp³-hybridized carbons (Fsp3) is 0.286. The highest BCUT2D eigenvalue weighted by Gasteiger charge is 2.26. The second kappa shape index (κ2) is 4.77. The fourth-order valence-electron chi connectivity index (χ4n) is 2.73. The van der Waals surface area contributed by atoms with Crippen LogP contribution in [0.15, 0.2) is 22.6 Å². The van der Waals surface area contributed by atoms with Gasteiger partial charge < -0.3 is 9.88 Å². The number of thiazole rings is 1. The zero-order chi connectivity index (χ0) is 15.3. The first-order valence-electron chi connectivity index (χ1n) is 6.92. The molecule has 3 aromatic rings. The molecule has 22 heavy (non-hydrogen) atoms. The Morgan fingerprint density at radius 1 is 1.41 bits per heavy atom. The zero-order valence-corrected chi connectivity index (χ0v) is 12.7. The highest BCUT2D eigenvalue weighted by Crippen LogP contribution is 2.18. The van der Waals surface area contributed by atoms with E-state index in [9.17, 15) is 9.59 Å². The monoisotopic (exact) mass is 315 g/mol. The minimum absolute atomic E-state index is 0.0999. The molecule has 1 amide bonds. The molecule has 0 aromatic carbocycles. The van der Waals surface area contributed by atoms with Gasteiger partial charge in [0.25, 0.3) is 11.5 Å². The van der Waals surface area contributed by atoms with Crippen LogP contribution < -0.4 is 5.56 Å². The summed E-state index contributed by atoms with van der Waals surface area (Å²) in [6, 6.07) is 0. The van der Waals surface area contributed by atoms with Gasteiger partial charge in [-0.15, -0.1) is 11.3 Å². The number of carbonyl (C=O) groups is 1. The highest BCUT2D eigenvalue weighted by atomic mass is 32.1. The van der Waals surface area contributed by atoms with Gasteiger partial charge >= 0.3 is 0 Å². The summed E-state index contributed by atoms with van der Waals surface area (Å²) in [6.07, 6.45) is 4.13. The second-order valence-corrected chi connectivity index (χ2v) is 6.15. The van der Waals surface area contributed by atoms with E-state index in [1.54, 1.807) is 18.0 Å². The van der Waals surface area contributed by atoms with Crippen molar-refractivity contribution in [2.24, 2.45) is 0 Å². The van der Waals surface area contributed by atoms with Crippen molar-refractivity contribution in [3.63, 3.8) is 0 Å². The van der Waals surface area contributed by atoms with Crippen LogP contribution in [0.25, 0.3) is 4.96 Å². The van der Waals surface area contributed by atoms with Crippen LogP contribution in [0, 0.1) is 6.92 Å². The van der Waals surface area contributed by atoms with Crippen LogP contribution in [0.1, 0.15) is 27.6 Å². The number of fused-ring (bicyclic) bond motifs is 2. The molecule has 1 aliphatic rings. The van der Waals surface area contributed by atoms with Gasteiger partial charge in [0.05, 0.1) is 12.2 Å². The quantitative estimate of drug-likeness (QED) is 0.726. The van der Waals surface area contributed by atoms with Gasteiger partial charge in [0.15, 0.2) is 4.96 Å². The number of aromatic amines is 1. The fourth-order valence-corrected chi connectivity index (χ4v) is 3.43. The van der Waals surface area contributed by atoms with Crippen LogP contribution >= 0.6 is 11.3 Å². The van der Waals surface area contributed by atoms with Gasteiger partial charge in [-0.25, -0.2) is 9.97 Å². The van der Waals surface area contributed by atoms with Gasteiger partial charge in [0.1, 0.15) is 11.5 Å². The average Bonchev–Trinajstić information content (AvgIpc) is 3.06. The van der Waals surface area contributed by atoms with Crippen molar-refractivity contribution in [3.05, 3.63) is 50.9 Å². The SMILES string of the molecule is Cc1nc2c(c(=O)[nH]1)CCN(C(=O)c1cn3ccsc3n1)C2. The number of imidazole rings is 1. The van der Waals surface area contributed by atoms with Crippen molar-refractivity contribution < 1.29 is 4.79 Å². The molecule has 0 radical (unpaired) electrons. The van der Waals surface area contributed by atoms with Crippen molar-refractivity contribution in [2.45, 2.75) is 19.9 Å². The number of aryl methyl sites for hydroxylation is 1. The van der Waals surface area contributed by atoms with E-state index in [0.29, 0.717) is 42.3 Å². The summed E-state index contributed by atoms with van der Waals surface area (Å²) in [7, 11) is 0. The minimum atomic E-state index is -0.124. The van der Waals surface area contributed by atoms with Gasteiger partial charge in [0, 0.05) is 29.9 Å².